The highest BCUT2D eigenvalue weighted by Crippen LogP contribution is 2.37. The Hall–Kier alpha value is -1.31. The van der Waals surface area contributed by atoms with Crippen molar-refractivity contribution in [1.29, 1.82) is 0 Å². The van der Waals surface area contributed by atoms with E-state index in [1.807, 2.05) is 6.92 Å². The standard InChI is InChI=1S/C14H18O2/c1-9-4-11-7-14(2,3)8-12(11)5-10(9)6-13(15)16/h4-5H,6-8H2,1-3H3,(H,15,16). The van der Waals surface area contributed by atoms with E-state index in [1.54, 1.807) is 0 Å². The monoisotopic (exact) mass is 218 g/mol. The van der Waals surface area contributed by atoms with Gasteiger partial charge in [-0.3, -0.25) is 4.79 Å². The van der Waals surface area contributed by atoms with E-state index in [4.69, 9.17) is 5.11 Å². The summed E-state index contributed by atoms with van der Waals surface area (Å²) in [6.45, 7) is 6.53. The summed E-state index contributed by atoms with van der Waals surface area (Å²) in [5, 5.41) is 8.84. The van der Waals surface area contributed by atoms with Crippen molar-refractivity contribution in [1.82, 2.24) is 0 Å². The Morgan fingerprint density at radius 2 is 1.88 bits per heavy atom. The van der Waals surface area contributed by atoms with Crippen LogP contribution in [-0.4, -0.2) is 11.1 Å². The molecule has 0 aromatic heterocycles. The van der Waals surface area contributed by atoms with Crippen LogP contribution in [0.4, 0.5) is 0 Å². The summed E-state index contributed by atoms with van der Waals surface area (Å²) in [7, 11) is 0. The van der Waals surface area contributed by atoms with Gasteiger partial charge in [-0.2, -0.15) is 0 Å². The molecule has 0 saturated carbocycles. The van der Waals surface area contributed by atoms with Gasteiger partial charge in [0.05, 0.1) is 6.42 Å². The topological polar surface area (TPSA) is 37.3 Å². The second-order valence-electron chi connectivity index (χ2n) is 5.64. The molecule has 1 aliphatic rings. The van der Waals surface area contributed by atoms with Crippen molar-refractivity contribution in [3.8, 4) is 0 Å². The van der Waals surface area contributed by atoms with Gasteiger partial charge in [0.2, 0.25) is 0 Å². The van der Waals surface area contributed by atoms with Gasteiger partial charge in [-0.25, -0.2) is 0 Å². The van der Waals surface area contributed by atoms with Gasteiger partial charge >= 0.3 is 5.97 Å². The van der Waals surface area contributed by atoms with Crippen LogP contribution in [0, 0.1) is 12.3 Å². The summed E-state index contributed by atoms with van der Waals surface area (Å²) >= 11 is 0. The number of carboxylic acids is 1. The van der Waals surface area contributed by atoms with Crippen LogP contribution in [0.2, 0.25) is 0 Å². The Morgan fingerprint density at radius 1 is 1.31 bits per heavy atom. The number of fused-ring (bicyclic) bond motifs is 1. The van der Waals surface area contributed by atoms with Crippen molar-refractivity contribution in [3.63, 3.8) is 0 Å². The van der Waals surface area contributed by atoms with Crippen molar-refractivity contribution >= 4 is 5.97 Å². The van der Waals surface area contributed by atoms with Crippen LogP contribution in [-0.2, 0) is 24.1 Å². The SMILES string of the molecule is Cc1cc2c(cc1CC(=O)O)CC(C)(C)C2. The maximum atomic E-state index is 10.7. The zero-order valence-corrected chi connectivity index (χ0v) is 10.1. The summed E-state index contributed by atoms with van der Waals surface area (Å²) < 4.78 is 0. The molecule has 2 heteroatoms. The van der Waals surface area contributed by atoms with E-state index in [1.165, 1.54) is 11.1 Å². The minimum Gasteiger partial charge on any atom is -0.481 e. The van der Waals surface area contributed by atoms with Gasteiger partial charge in [0, 0.05) is 0 Å². The number of rotatable bonds is 2. The van der Waals surface area contributed by atoms with E-state index < -0.39 is 5.97 Å². The van der Waals surface area contributed by atoms with Crippen molar-refractivity contribution in [2.75, 3.05) is 0 Å². The minimum absolute atomic E-state index is 0.138. The van der Waals surface area contributed by atoms with Crippen LogP contribution in [0.5, 0.6) is 0 Å². The molecule has 86 valence electrons. The quantitative estimate of drug-likeness (QED) is 0.828. The van der Waals surface area contributed by atoms with Gasteiger partial charge in [0.15, 0.2) is 0 Å². The Bertz CT molecular complexity index is 444. The Kier molecular flexibility index (Phi) is 2.53. The zero-order chi connectivity index (χ0) is 11.9. The van der Waals surface area contributed by atoms with Crippen LogP contribution in [0.1, 0.15) is 36.1 Å². The van der Waals surface area contributed by atoms with E-state index in [0.717, 1.165) is 24.0 Å². The van der Waals surface area contributed by atoms with Crippen LogP contribution >= 0.6 is 0 Å². The third-order valence-corrected chi connectivity index (χ3v) is 3.34. The molecule has 0 atom stereocenters. The van der Waals surface area contributed by atoms with Crippen LogP contribution < -0.4 is 0 Å². The summed E-state index contributed by atoms with van der Waals surface area (Å²) in [6.07, 6.45) is 2.31. The van der Waals surface area contributed by atoms with E-state index in [2.05, 4.69) is 26.0 Å². The molecule has 1 aliphatic carbocycles. The first-order valence-corrected chi connectivity index (χ1v) is 5.70. The molecule has 0 saturated heterocycles. The van der Waals surface area contributed by atoms with E-state index >= 15 is 0 Å². The number of carboxylic acid groups (broad SMARTS) is 1. The highest BCUT2D eigenvalue weighted by Gasteiger charge is 2.28. The van der Waals surface area contributed by atoms with E-state index in [9.17, 15) is 4.79 Å². The summed E-state index contributed by atoms with van der Waals surface area (Å²) in [6, 6.07) is 4.26. The van der Waals surface area contributed by atoms with Crippen LogP contribution in [0.3, 0.4) is 0 Å². The summed E-state index contributed by atoms with van der Waals surface area (Å²) in [5.74, 6) is -0.750. The van der Waals surface area contributed by atoms with Crippen molar-refractivity contribution in [3.05, 3.63) is 34.4 Å². The first-order chi connectivity index (χ1) is 7.37. The largest absolute Gasteiger partial charge is 0.481 e. The van der Waals surface area contributed by atoms with Gasteiger partial charge in [0.1, 0.15) is 0 Å². The molecular weight excluding hydrogens is 200 g/mol. The number of hydrogen-bond donors (Lipinski definition) is 1. The van der Waals surface area contributed by atoms with Crippen molar-refractivity contribution in [2.24, 2.45) is 5.41 Å². The average molecular weight is 218 g/mol. The predicted molar refractivity (Wildman–Crippen MR) is 63.7 cm³/mol. The molecule has 0 radical (unpaired) electrons. The lowest BCUT2D eigenvalue weighted by molar-refractivity contribution is -0.136. The van der Waals surface area contributed by atoms with Crippen molar-refractivity contribution in [2.45, 2.75) is 40.0 Å². The molecule has 2 rings (SSSR count). The minimum atomic E-state index is -0.750. The number of benzene rings is 1. The maximum Gasteiger partial charge on any atom is 0.307 e. The molecule has 0 heterocycles. The molecule has 0 aliphatic heterocycles. The molecule has 1 aromatic carbocycles. The molecule has 1 aromatic rings. The highest BCUT2D eigenvalue weighted by molar-refractivity contribution is 5.71. The average Bonchev–Trinajstić information content (AvgIpc) is 2.38. The molecular formula is C14H18O2. The molecule has 0 amide bonds. The lowest BCUT2D eigenvalue weighted by atomic mass is 9.90. The van der Waals surface area contributed by atoms with Crippen LogP contribution in [0.15, 0.2) is 12.1 Å². The van der Waals surface area contributed by atoms with E-state index in [-0.39, 0.29) is 6.42 Å². The van der Waals surface area contributed by atoms with Gasteiger partial charge in [0.25, 0.3) is 0 Å². The van der Waals surface area contributed by atoms with Gasteiger partial charge < -0.3 is 5.11 Å². The normalized spacial score (nSPS) is 17.2. The highest BCUT2D eigenvalue weighted by atomic mass is 16.4. The smallest absolute Gasteiger partial charge is 0.307 e. The fourth-order valence-electron chi connectivity index (χ4n) is 2.64. The lowest BCUT2D eigenvalue weighted by Gasteiger charge is -2.14. The summed E-state index contributed by atoms with van der Waals surface area (Å²) in [4.78, 5) is 10.7. The molecule has 1 N–H and O–H groups in total. The first-order valence-electron chi connectivity index (χ1n) is 5.70. The van der Waals surface area contributed by atoms with Crippen molar-refractivity contribution < 1.29 is 9.90 Å². The maximum absolute atomic E-state index is 10.7. The molecule has 0 fully saturated rings. The molecule has 0 spiro atoms. The van der Waals surface area contributed by atoms with Gasteiger partial charge in [-0.05, 0) is 47.4 Å². The number of aliphatic carboxylic acids is 1. The molecule has 0 bridgehead atoms. The second-order valence-corrected chi connectivity index (χ2v) is 5.64. The zero-order valence-electron chi connectivity index (χ0n) is 10.1. The first kappa shape index (κ1) is 11.2. The Morgan fingerprint density at radius 3 is 2.44 bits per heavy atom. The molecule has 16 heavy (non-hydrogen) atoms. The summed E-state index contributed by atoms with van der Waals surface area (Å²) in [5.41, 5.74) is 5.14. The predicted octanol–water partition coefficient (Wildman–Crippen LogP) is 2.75. The third-order valence-electron chi connectivity index (χ3n) is 3.34. The van der Waals surface area contributed by atoms with Gasteiger partial charge in [-0.1, -0.05) is 26.0 Å². The lowest BCUT2D eigenvalue weighted by Crippen LogP contribution is -2.09. The molecule has 0 unspecified atom stereocenters. The van der Waals surface area contributed by atoms with Gasteiger partial charge in [-0.15, -0.1) is 0 Å². The van der Waals surface area contributed by atoms with E-state index in [0.29, 0.717) is 5.41 Å². The third kappa shape index (κ3) is 2.11. The van der Waals surface area contributed by atoms with Crippen LogP contribution in [0.25, 0.3) is 0 Å². The Balaban J connectivity index is 2.37. The fraction of sp³-hybridized carbons (Fsp3) is 0.500. The molecule has 2 nitrogen and oxygen atoms in total. The second kappa shape index (κ2) is 3.62. The fourth-order valence-corrected chi connectivity index (χ4v) is 2.64. The number of aryl methyl sites for hydroxylation is 1. The number of hydrogen-bond acceptors (Lipinski definition) is 1. The Labute approximate surface area is 96.3 Å². The number of carbonyl (C=O) groups is 1.